The topological polar surface area (TPSA) is 45.0 Å². The molecule has 20 heavy (non-hydrogen) atoms. The van der Waals surface area contributed by atoms with Crippen LogP contribution in [-0.4, -0.2) is 34.7 Å². The van der Waals surface area contributed by atoms with E-state index in [1.807, 2.05) is 60.7 Å². The largest absolute Gasteiger partial charge is 0.506 e. The Morgan fingerprint density at radius 2 is 1.40 bits per heavy atom. The summed E-state index contributed by atoms with van der Waals surface area (Å²) in [5.74, 6) is 0.137. The summed E-state index contributed by atoms with van der Waals surface area (Å²) in [6, 6.07) is 20.7. The van der Waals surface area contributed by atoms with Crippen LogP contribution in [0, 0.1) is 0 Å². The number of phenolic OH excluding ortho intramolecular Hbond substituents is 1. The quantitative estimate of drug-likeness (QED) is 0.538. The zero-order valence-electron chi connectivity index (χ0n) is 11.2. The van der Waals surface area contributed by atoms with E-state index in [9.17, 15) is 5.11 Å². The van der Waals surface area contributed by atoms with E-state index in [0.29, 0.717) is 5.69 Å². The predicted molar refractivity (Wildman–Crippen MR) is 82.0 cm³/mol. The Bertz CT molecular complexity index is 742. The molecule has 3 nitrogen and oxygen atoms in total. The molecule has 0 heterocycles. The van der Waals surface area contributed by atoms with Gasteiger partial charge in [-0.2, -0.15) is 5.11 Å². The zero-order chi connectivity index (χ0) is 13.1. The van der Waals surface area contributed by atoms with E-state index >= 15 is 0 Å². The maximum Gasteiger partial charge on any atom is 0.143 e. The number of azo groups is 1. The fourth-order valence-corrected chi connectivity index (χ4v) is 1.95. The molecule has 0 saturated heterocycles. The minimum absolute atomic E-state index is 0. The van der Waals surface area contributed by atoms with Crippen molar-refractivity contribution in [3.05, 3.63) is 66.7 Å². The van der Waals surface area contributed by atoms with E-state index in [-0.39, 0.29) is 35.3 Å². The van der Waals surface area contributed by atoms with Gasteiger partial charge in [0.2, 0.25) is 0 Å². The second-order valence-corrected chi connectivity index (χ2v) is 4.19. The van der Waals surface area contributed by atoms with Gasteiger partial charge in [0, 0.05) is 34.9 Å². The third kappa shape index (κ3) is 3.07. The molecule has 0 atom stereocenters. The van der Waals surface area contributed by atoms with Crippen LogP contribution in [0.15, 0.2) is 77.0 Å². The maximum absolute atomic E-state index is 9.93. The third-order valence-electron chi connectivity index (χ3n) is 2.90. The molecule has 0 aliphatic rings. The summed E-state index contributed by atoms with van der Waals surface area (Å²) < 4.78 is 0. The standard InChI is InChI=1S/C16H12N2O.Na/c19-15-11-10-12-6-4-5-9-14(12)16(15)18-17-13-7-2-1-3-8-13;/h1-11,19H;. The van der Waals surface area contributed by atoms with Crippen LogP contribution in [0.1, 0.15) is 0 Å². The van der Waals surface area contributed by atoms with Crippen LogP contribution in [0.3, 0.4) is 0 Å². The van der Waals surface area contributed by atoms with E-state index < -0.39 is 0 Å². The van der Waals surface area contributed by atoms with Gasteiger partial charge in [-0.05, 0) is 23.6 Å². The summed E-state index contributed by atoms with van der Waals surface area (Å²) in [6.07, 6.45) is 0. The fraction of sp³-hybridized carbons (Fsp3) is 0. The van der Waals surface area contributed by atoms with Gasteiger partial charge >= 0.3 is 0 Å². The third-order valence-corrected chi connectivity index (χ3v) is 2.90. The molecule has 3 aromatic carbocycles. The Hall–Kier alpha value is -1.68. The maximum atomic E-state index is 9.93. The molecule has 0 unspecified atom stereocenters. The number of phenols is 1. The number of hydrogen-bond acceptors (Lipinski definition) is 3. The van der Waals surface area contributed by atoms with Crippen molar-refractivity contribution in [1.82, 2.24) is 0 Å². The van der Waals surface area contributed by atoms with Crippen LogP contribution < -0.4 is 0 Å². The first-order valence-corrected chi connectivity index (χ1v) is 6.02. The Morgan fingerprint density at radius 1 is 0.700 bits per heavy atom. The molecular formula is C16H12N2NaO. The van der Waals surface area contributed by atoms with E-state index in [4.69, 9.17) is 0 Å². The minimum atomic E-state index is 0. The summed E-state index contributed by atoms with van der Waals surface area (Å²) in [5, 5.41) is 20.2. The van der Waals surface area contributed by atoms with Crippen LogP contribution in [0.2, 0.25) is 0 Å². The molecular weight excluding hydrogens is 259 g/mol. The molecule has 0 amide bonds. The summed E-state index contributed by atoms with van der Waals surface area (Å²) >= 11 is 0. The number of benzene rings is 3. The molecule has 1 N–H and O–H groups in total. The Morgan fingerprint density at radius 3 is 2.20 bits per heavy atom. The number of fused-ring (bicyclic) bond motifs is 1. The van der Waals surface area contributed by atoms with Crippen LogP contribution in [0.25, 0.3) is 10.8 Å². The summed E-state index contributed by atoms with van der Waals surface area (Å²) in [5.41, 5.74) is 1.26. The van der Waals surface area contributed by atoms with Gasteiger partial charge in [0.1, 0.15) is 11.4 Å². The molecule has 1 radical (unpaired) electrons. The summed E-state index contributed by atoms with van der Waals surface area (Å²) in [7, 11) is 0. The molecule has 0 saturated carbocycles. The van der Waals surface area contributed by atoms with Crippen LogP contribution in [0.4, 0.5) is 11.4 Å². The van der Waals surface area contributed by atoms with E-state index in [1.54, 1.807) is 6.07 Å². The first-order chi connectivity index (χ1) is 9.34. The van der Waals surface area contributed by atoms with Crippen molar-refractivity contribution < 1.29 is 5.11 Å². The van der Waals surface area contributed by atoms with E-state index in [0.717, 1.165) is 16.5 Å². The van der Waals surface area contributed by atoms with Gasteiger partial charge in [0.05, 0.1) is 5.69 Å². The molecule has 3 rings (SSSR count). The number of nitrogens with zero attached hydrogens (tertiary/aromatic N) is 2. The molecule has 0 aliphatic carbocycles. The number of hydrogen-bond donors (Lipinski definition) is 1. The minimum Gasteiger partial charge on any atom is -0.506 e. The molecule has 0 spiro atoms. The van der Waals surface area contributed by atoms with Crippen molar-refractivity contribution in [3.8, 4) is 5.75 Å². The molecule has 93 valence electrons. The fourth-order valence-electron chi connectivity index (χ4n) is 1.95. The van der Waals surface area contributed by atoms with Gasteiger partial charge < -0.3 is 5.11 Å². The molecule has 0 aliphatic heterocycles. The smallest absolute Gasteiger partial charge is 0.143 e. The Kier molecular flexibility index (Phi) is 4.90. The average molecular weight is 271 g/mol. The molecule has 0 fully saturated rings. The van der Waals surface area contributed by atoms with Crippen LogP contribution >= 0.6 is 0 Å². The Balaban J connectivity index is 0.00000147. The molecule has 4 heteroatoms. The molecule has 3 aromatic rings. The monoisotopic (exact) mass is 271 g/mol. The zero-order valence-corrected chi connectivity index (χ0v) is 13.2. The second-order valence-electron chi connectivity index (χ2n) is 4.19. The predicted octanol–water partition coefficient (Wildman–Crippen LogP) is 4.58. The van der Waals surface area contributed by atoms with Crippen molar-refractivity contribution in [1.29, 1.82) is 0 Å². The van der Waals surface area contributed by atoms with Crippen molar-refractivity contribution in [2.75, 3.05) is 0 Å². The molecule has 0 bridgehead atoms. The number of rotatable bonds is 2. The van der Waals surface area contributed by atoms with E-state index in [1.165, 1.54) is 0 Å². The van der Waals surface area contributed by atoms with Crippen molar-refractivity contribution in [3.63, 3.8) is 0 Å². The number of aromatic hydroxyl groups is 1. The van der Waals surface area contributed by atoms with Crippen molar-refractivity contribution >= 4 is 51.7 Å². The van der Waals surface area contributed by atoms with Gasteiger partial charge in [-0.1, -0.05) is 48.5 Å². The van der Waals surface area contributed by atoms with Gasteiger partial charge in [0.15, 0.2) is 0 Å². The Labute approximate surface area is 139 Å². The van der Waals surface area contributed by atoms with Gasteiger partial charge in [-0.15, -0.1) is 5.11 Å². The van der Waals surface area contributed by atoms with Gasteiger partial charge in [-0.25, -0.2) is 0 Å². The first-order valence-electron chi connectivity index (χ1n) is 6.02. The average Bonchev–Trinajstić information content (AvgIpc) is 2.47. The van der Waals surface area contributed by atoms with Crippen molar-refractivity contribution in [2.24, 2.45) is 10.2 Å². The summed E-state index contributed by atoms with van der Waals surface area (Å²) in [4.78, 5) is 0. The molecule has 0 aromatic heterocycles. The second kappa shape index (κ2) is 6.66. The van der Waals surface area contributed by atoms with Crippen LogP contribution in [-0.2, 0) is 0 Å². The summed E-state index contributed by atoms with van der Waals surface area (Å²) in [6.45, 7) is 0. The van der Waals surface area contributed by atoms with Crippen LogP contribution in [0.5, 0.6) is 5.75 Å². The van der Waals surface area contributed by atoms with Gasteiger partial charge in [0.25, 0.3) is 0 Å². The first kappa shape index (κ1) is 14.7. The normalized spacial score (nSPS) is 10.6. The van der Waals surface area contributed by atoms with Gasteiger partial charge in [-0.3, -0.25) is 0 Å². The SMILES string of the molecule is Oc1ccc2ccccc2c1N=Nc1ccccc1.[Na]. The van der Waals surface area contributed by atoms with E-state index in [2.05, 4.69) is 10.2 Å². The van der Waals surface area contributed by atoms with Crippen molar-refractivity contribution in [2.45, 2.75) is 0 Å².